The average Bonchev–Trinajstić information content (AvgIpc) is 3.10. The van der Waals surface area contributed by atoms with Gasteiger partial charge in [-0.15, -0.1) is 0 Å². The van der Waals surface area contributed by atoms with Crippen molar-refractivity contribution in [1.29, 1.82) is 0 Å². The molecule has 0 spiro atoms. The molecule has 10 heteroatoms. The number of likely N-dealkylation sites (N-methyl/N-ethyl adjacent to an activating group) is 1. The maximum Gasteiger partial charge on any atom is 0.328 e. The van der Waals surface area contributed by atoms with E-state index >= 15 is 0 Å². The number of fused-ring (bicyclic) bond motifs is 1. The Morgan fingerprint density at radius 1 is 1.27 bits per heavy atom. The highest BCUT2D eigenvalue weighted by molar-refractivity contribution is 5.93. The molecule has 0 aromatic heterocycles. The van der Waals surface area contributed by atoms with Gasteiger partial charge in [-0.25, -0.2) is 4.79 Å². The Balaban J connectivity index is 2.27. The van der Waals surface area contributed by atoms with Gasteiger partial charge in [-0.2, -0.15) is 0 Å². The summed E-state index contributed by atoms with van der Waals surface area (Å²) in [6.45, 7) is 4.15. The Kier molecular flexibility index (Phi) is 8.19. The first kappa shape index (κ1) is 23.6. The number of hydrogen-bond donors (Lipinski definition) is 1. The maximum atomic E-state index is 13.4. The number of hydrogen-bond acceptors (Lipinski definition) is 6. The second-order valence-corrected chi connectivity index (χ2v) is 8.38. The number of nitrogens with zero attached hydrogens (tertiary/aromatic N) is 3. The summed E-state index contributed by atoms with van der Waals surface area (Å²) in [6.07, 6.45) is 2.55. The van der Waals surface area contributed by atoms with Gasteiger partial charge in [-0.05, 0) is 25.2 Å². The van der Waals surface area contributed by atoms with Crippen molar-refractivity contribution in [2.24, 2.45) is 5.92 Å². The van der Waals surface area contributed by atoms with Crippen molar-refractivity contribution < 1.29 is 28.7 Å². The molecular weight excluding hydrogens is 392 g/mol. The van der Waals surface area contributed by atoms with Crippen molar-refractivity contribution in [3.63, 3.8) is 0 Å². The summed E-state index contributed by atoms with van der Waals surface area (Å²) in [6, 6.07) is -1.89. The van der Waals surface area contributed by atoms with Gasteiger partial charge in [0.15, 0.2) is 0 Å². The summed E-state index contributed by atoms with van der Waals surface area (Å²) in [7, 11) is 2.74. The van der Waals surface area contributed by atoms with Crippen molar-refractivity contribution in [3.05, 3.63) is 0 Å². The zero-order valence-corrected chi connectivity index (χ0v) is 18.1. The third kappa shape index (κ3) is 5.70. The van der Waals surface area contributed by atoms with Gasteiger partial charge >= 0.3 is 5.97 Å². The van der Waals surface area contributed by atoms with Gasteiger partial charge < -0.3 is 24.8 Å². The quantitative estimate of drug-likeness (QED) is 0.430. The third-order valence-corrected chi connectivity index (χ3v) is 5.51. The van der Waals surface area contributed by atoms with E-state index in [0.29, 0.717) is 38.6 Å². The zero-order chi connectivity index (χ0) is 22.4. The zero-order valence-electron chi connectivity index (χ0n) is 18.1. The van der Waals surface area contributed by atoms with Crippen LogP contribution < -0.4 is 5.32 Å². The van der Waals surface area contributed by atoms with Crippen molar-refractivity contribution in [2.45, 2.75) is 57.7 Å². The molecule has 2 aliphatic rings. The topological polar surface area (TPSA) is 116 Å². The number of carbonyl (C=O) groups is 5. The van der Waals surface area contributed by atoms with Gasteiger partial charge in [0.05, 0.1) is 13.7 Å². The van der Waals surface area contributed by atoms with E-state index in [4.69, 9.17) is 4.74 Å². The molecule has 1 N–H and O–H groups in total. The van der Waals surface area contributed by atoms with Crippen LogP contribution in [0, 0.1) is 5.92 Å². The standard InChI is InChI=1S/C20H32N4O6/c1-13(2)9-18(27)23-8-7-14-5-6-16(20(29)30-4)24(14)19(28)15(10-23)21-17(26)11-22(3)12-25/h12-16H,5-11H2,1-4H3,(H,21,26). The van der Waals surface area contributed by atoms with Crippen molar-refractivity contribution in [2.75, 3.05) is 33.8 Å². The monoisotopic (exact) mass is 424 g/mol. The summed E-state index contributed by atoms with van der Waals surface area (Å²) in [5.41, 5.74) is 0. The Bertz CT molecular complexity index is 682. The largest absolute Gasteiger partial charge is 0.467 e. The van der Waals surface area contributed by atoms with E-state index in [1.54, 1.807) is 4.90 Å². The average molecular weight is 424 g/mol. The number of nitrogens with one attached hydrogen (secondary N) is 1. The Hall–Kier alpha value is -2.65. The summed E-state index contributed by atoms with van der Waals surface area (Å²) < 4.78 is 4.86. The number of carbonyl (C=O) groups excluding carboxylic acids is 5. The molecule has 168 valence electrons. The molecule has 2 rings (SSSR count). The minimum atomic E-state index is -0.998. The summed E-state index contributed by atoms with van der Waals surface area (Å²) in [5.74, 6) is -1.30. The van der Waals surface area contributed by atoms with Crippen LogP contribution >= 0.6 is 0 Å². The molecule has 10 nitrogen and oxygen atoms in total. The molecule has 3 atom stereocenters. The Morgan fingerprint density at radius 2 is 1.97 bits per heavy atom. The SMILES string of the molecule is COC(=O)C1CCC2CCN(C(=O)CC(C)C)CC(NC(=O)CN(C)C=O)C(=O)N21. The number of ether oxygens (including phenoxy) is 1. The molecule has 30 heavy (non-hydrogen) atoms. The highest BCUT2D eigenvalue weighted by Crippen LogP contribution is 2.30. The van der Waals surface area contributed by atoms with E-state index in [9.17, 15) is 24.0 Å². The van der Waals surface area contributed by atoms with Gasteiger partial charge in [0.25, 0.3) is 0 Å². The molecule has 0 saturated carbocycles. The van der Waals surface area contributed by atoms with Crippen LogP contribution in [0.3, 0.4) is 0 Å². The van der Waals surface area contributed by atoms with Crippen LogP contribution in [0.2, 0.25) is 0 Å². The van der Waals surface area contributed by atoms with E-state index < -0.39 is 29.9 Å². The first-order chi connectivity index (χ1) is 14.2. The molecule has 0 aliphatic carbocycles. The molecule has 3 unspecified atom stereocenters. The van der Waals surface area contributed by atoms with E-state index in [1.807, 2.05) is 13.8 Å². The van der Waals surface area contributed by atoms with E-state index in [2.05, 4.69) is 5.32 Å². The second-order valence-electron chi connectivity index (χ2n) is 8.38. The highest BCUT2D eigenvalue weighted by atomic mass is 16.5. The molecular formula is C20H32N4O6. The summed E-state index contributed by atoms with van der Waals surface area (Å²) in [4.78, 5) is 65.8. The van der Waals surface area contributed by atoms with Crippen LogP contribution in [0.1, 0.15) is 39.5 Å². The normalized spacial score (nSPS) is 24.0. The molecule has 4 amide bonds. The third-order valence-electron chi connectivity index (χ3n) is 5.51. The van der Waals surface area contributed by atoms with Gasteiger partial charge in [-0.3, -0.25) is 19.2 Å². The van der Waals surface area contributed by atoms with Gasteiger partial charge in [0.2, 0.25) is 24.1 Å². The highest BCUT2D eigenvalue weighted by Gasteiger charge is 2.45. The van der Waals surface area contributed by atoms with Crippen LogP contribution in [0.4, 0.5) is 0 Å². The van der Waals surface area contributed by atoms with Gasteiger partial charge in [0, 0.05) is 32.6 Å². The fourth-order valence-electron chi connectivity index (χ4n) is 4.06. The lowest BCUT2D eigenvalue weighted by molar-refractivity contribution is -0.155. The summed E-state index contributed by atoms with van der Waals surface area (Å²) in [5, 5.41) is 2.65. The number of methoxy groups -OCH3 is 1. The van der Waals surface area contributed by atoms with Crippen LogP contribution in [0.15, 0.2) is 0 Å². The molecule has 0 bridgehead atoms. The number of amides is 4. The lowest BCUT2D eigenvalue weighted by Gasteiger charge is -2.38. The molecule has 2 aliphatic heterocycles. The first-order valence-electron chi connectivity index (χ1n) is 10.3. The van der Waals surface area contributed by atoms with E-state index in [-0.39, 0.29) is 31.0 Å². The Morgan fingerprint density at radius 3 is 2.57 bits per heavy atom. The fourth-order valence-corrected chi connectivity index (χ4v) is 4.06. The molecule has 2 fully saturated rings. The van der Waals surface area contributed by atoms with Crippen LogP contribution in [0.5, 0.6) is 0 Å². The number of esters is 1. The van der Waals surface area contributed by atoms with Crippen molar-refractivity contribution in [3.8, 4) is 0 Å². The summed E-state index contributed by atoms with van der Waals surface area (Å²) >= 11 is 0. The van der Waals surface area contributed by atoms with Crippen LogP contribution in [0.25, 0.3) is 0 Å². The van der Waals surface area contributed by atoms with Crippen LogP contribution in [-0.4, -0.2) is 96.7 Å². The molecule has 2 heterocycles. The predicted octanol–water partition coefficient (Wildman–Crippen LogP) is -0.630. The maximum absolute atomic E-state index is 13.4. The smallest absolute Gasteiger partial charge is 0.328 e. The van der Waals surface area contributed by atoms with Gasteiger partial charge in [0.1, 0.15) is 12.1 Å². The second kappa shape index (κ2) is 10.4. The number of rotatable bonds is 7. The van der Waals surface area contributed by atoms with E-state index in [0.717, 1.165) is 4.90 Å². The molecule has 0 aromatic carbocycles. The van der Waals surface area contributed by atoms with Crippen molar-refractivity contribution >= 4 is 30.1 Å². The van der Waals surface area contributed by atoms with E-state index in [1.165, 1.54) is 19.1 Å². The Labute approximate surface area is 176 Å². The minimum Gasteiger partial charge on any atom is -0.467 e. The van der Waals surface area contributed by atoms with Crippen LogP contribution in [-0.2, 0) is 28.7 Å². The fraction of sp³-hybridized carbons (Fsp3) is 0.750. The lowest BCUT2D eigenvalue weighted by atomic mass is 10.0. The van der Waals surface area contributed by atoms with Gasteiger partial charge in [-0.1, -0.05) is 13.8 Å². The molecule has 0 aromatic rings. The van der Waals surface area contributed by atoms with Crippen molar-refractivity contribution in [1.82, 2.24) is 20.0 Å². The molecule has 0 radical (unpaired) electrons. The molecule has 2 saturated heterocycles. The lowest BCUT2D eigenvalue weighted by Crippen LogP contribution is -2.61. The predicted molar refractivity (Wildman–Crippen MR) is 107 cm³/mol. The first-order valence-corrected chi connectivity index (χ1v) is 10.3. The minimum absolute atomic E-state index is 0.0258.